The number of ether oxygens (including phenoxy) is 1. The van der Waals surface area contributed by atoms with Crippen LogP contribution in [0.4, 0.5) is 14.5 Å². The second-order valence-corrected chi connectivity index (χ2v) is 5.82. The SMILES string of the molecule is CCOC(=O)CN(C)c1ccccc1S(=O)(=O)C(F)F. The zero-order chi connectivity index (χ0) is 15.3. The summed E-state index contributed by atoms with van der Waals surface area (Å²) in [5.41, 5.74) is 0.0286. The van der Waals surface area contributed by atoms with E-state index in [1.54, 1.807) is 6.92 Å². The van der Waals surface area contributed by atoms with Crippen LogP contribution in [-0.4, -0.2) is 40.3 Å². The maximum Gasteiger partial charge on any atom is 0.341 e. The smallest absolute Gasteiger partial charge is 0.341 e. The van der Waals surface area contributed by atoms with Crippen LogP contribution in [0.1, 0.15) is 6.92 Å². The number of anilines is 1. The Bertz CT molecular complexity index is 575. The molecule has 0 aliphatic heterocycles. The summed E-state index contributed by atoms with van der Waals surface area (Å²) in [6, 6.07) is 5.28. The molecule has 0 radical (unpaired) electrons. The predicted octanol–water partition coefficient (Wildman–Crippen LogP) is 1.68. The number of hydrogen-bond acceptors (Lipinski definition) is 5. The second kappa shape index (κ2) is 6.65. The van der Waals surface area contributed by atoms with Crippen LogP contribution in [0.3, 0.4) is 0 Å². The minimum atomic E-state index is -4.73. The van der Waals surface area contributed by atoms with Crippen molar-refractivity contribution < 1.29 is 26.7 Å². The number of rotatable bonds is 6. The highest BCUT2D eigenvalue weighted by molar-refractivity contribution is 7.91. The average Bonchev–Trinajstić information content (AvgIpc) is 2.38. The molecular formula is C12H15F2NO4S. The summed E-state index contributed by atoms with van der Waals surface area (Å²) in [5, 5.41) is 0. The highest BCUT2D eigenvalue weighted by atomic mass is 32.2. The summed E-state index contributed by atoms with van der Waals surface area (Å²) in [5.74, 6) is -4.08. The van der Waals surface area contributed by atoms with Crippen LogP contribution in [0, 0.1) is 0 Å². The maximum atomic E-state index is 12.6. The Kier molecular flexibility index (Phi) is 5.43. The molecule has 0 heterocycles. The Balaban J connectivity index is 3.11. The lowest BCUT2D eigenvalue weighted by molar-refractivity contribution is -0.141. The molecule has 20 heavy (non-hydrogen) atoms. The monoisotopic (exact) mass is 307 g/mol. The van der Waals surface area contributed by atoms with Crippen LogP contribution in [-0.2, 0) is 19.4 Å². The van der Waals surface area contributed by atoms with Crippen molar-refractivity contribution in [3.05, 3.63) is 24.3 Å². The van der Waals surface area contributed by atoms with Crippen molar-refractivity contribution in [1.29, 1.82) is 0 Å². The molecule has 0 amide bonds. The van der Waals surface area contributed by atoms with Gasteiger partial charge in [0.1, 0.15) is 6.54 Å². The molecule has 0 fully saturated rings. The number of nitrogens with zero attached hydrogens (tertiary/aromatic N) is 1. The van der Waals surface area contributed by atoms with Crippen molar-refractivity contribution in [2.24, 2.45) is 0 Å². The van der Waals surface area contributed by atoms with Gasteiger partial charge >= 0.3 is 11.7 Å². The third kappa shape index (κ3) is 3.66. The molecule has 0 aliphatic carbocycles. The number of para-hydroxylation sites is 1. The molecule has 0 N–H and O–H groups in total. The summed E-state index contributed by atoms with van der Waals surface area (Å²) in [6.07, 6.45) is 0. The van der Waals surface area contributed by atoms with E-state index in [0.717, 1.165) is 6.07 Å². The van der Waals surface area contributed by atoms with Crippen molar-refractivity contribution in [3.8, 4) is 0 Å². The number of benzene rings is 1. The summed E-state index contributed by atoms with van der Waals surface area (Å²) in [6.45, 7) is 1.58. The van der Waals surface area contributed by atoms with Crippen molar-refractivity contribution in [1.82, 2.24) is 0 Å². The van der Waals surface area contributed by atoms with Gasteiger partial charge in [0, 0.05) is 7.05 Å². The standard InChI is InChI=1S/C12H15F2NO4S/c1-3-19-11(16)8-15(2)9-6-4-5-7-10(9)20(17,18)12(13)14/h4-7,12H,3,8H2,1-2H3. The Morgan fingerprint density at radius 2 is 1.95 bits per heavy atom. The van der Waals surface area contributed by atoms with Gasteiger partial charge < -0.3 is 9.64 Å². The van der Waals surface area contributed by atoms with E-state index in [1.165, 1.54) is 30.1 Å². The quantitative estimate of drug-likeness (QED) is 0.748. The van der Waals surface area contributed by atoms with Crippen LogP contribution in [0.5, 0.6) is 0 Å². The summed E-state index contributed by atoms with van der Waals surface area (Å²) in [4.78, 5) is 12.1. The molecule has 1 rings (SSSR count). The number of carbonyl (C=O) groups excluding carboxylic acids is 1. The molecule has 0 unspecified atom stereocenters. The van der Waals surface area contributed by atoms with Gasteiger partial charge in [-0.3, -0.25) is 4.79 Å². The fourth-order valence-corrected chi connectivity index (χ4v) is 2.57. The molecule has 0 aliphatic rings. The van der Waals surface area contributed by atoms with Crippen LogP contribution in [0.2, 0.25) is 0 Å². The maximum absolute atomic E-state index is 12.6. The van der Waals surface area contributed by atoms with Gasteiger partial charge in [0.15, 0.2) is 0 Å². The molecule has 0 aromatic heterocycles. The third-order valence-corrected chi connectivity index (χ3v) is 3.92. The number of likely N-dealkylation sites (N-methyl/N-ethyl adjacent to an activating group) is 1. The van der Waals surface area contributed by atoms with Crippen LogP contribution < -0.4 is 4.90 Å². The average molecular weight is 307 g/mol. The normalized spacial score (nSPS) is 11.4. The molecular weight excluding hydrogens is 292 g/mol. The van der Waals surface area contributed by atoms with E-state index in [1.807, 2.05) is 0 Å². The van der Waals surface area contributed by atoms with E-state index in [-0.39, 0.29) is 18.8 Å². The molecule has 0 spiro atoms. The van der Waals surface area contributed by atoms with E-state index in [2.05, 4.69) is 0 Å². The van der Waals surface area contributed by atoms with E-state index >= 15 is 0 Å². The number of esters is 1. The van der Waals surface area contributed by atoms with Gasteiger partial charge in [-0.05, 0) is 19.1 Å². The largest absolute Gasteiger partial charge is 0.465 e. The first-order chi connectivity index (χ1) is 9.30. The van der Waals surface area contributed by atoms with E-state index in [0.29, 0.717) is 0 Å². The number of hydrogen-bond donors (Lipinski definition) is 0. The Hall–Kier alpha value is -1.70. The van der Waals surface area contributed by atoms with Gasteiger partial charge in [-0.1, -0.05) is 12.1 Å². The first-order valence-corrected chi connectivity index (χ1v) is 7.33. The van der Waals surface area contributed by atoms with Gasteiger partial charge in [-0.15, -0.1) is 0 Å². The molecule has 0 bridgehead atoms. The van der Waals surface area contributed by atoms with E-state index < -0.39 is 26.5 Å². The third-order valence-electron chi connectivity index (χ3n) is 2.49. The molecule has 5 nitrogen and oxygen atoms in total. The fraction of sp³-hybridized carbons (Fsp3) is 0.417. The summed E-state index contributed by atoms with van der Waals surface area (Å²) < 4.78 is 53.1. The number of sulfone groups is 1. The van der Waals surface area contributed by atoms with Gasteiger partial charge in [0.05, 0.1) is 17.2 Å². The molecule has 0 saturated heterocycles. The summed E-state index contributed by atoms with van der Waals surface area (Å²) in [7, 11) is -3.30. The second-order valence-electron chi connectivity index (χ2n) is 3.93. The van der Waals surface area contributed by atoms with Gasteiger partial charge in [-0.2, -0.15) is 8.78 Å². The molecule has 0 saturated carbocycles. The highest BCUT2D eigenvalue weighted by Gasteiger charge is 2.30. The molecule has 0 atom stereocenters. The van der Waals surface area contributed by atoms with Crippen molar-refractivity contribution >= 4 is 21.5 Å². The van der Waals surface area contributed by atoms with Crippen LogP contribution in [0.25, 0.3) is 0 Å². The van der Waals surface area contributed by atoms with Gasteiger partial charge in [0.2, 0.25) is 9.84 Å². The molecule has 1 aromatic rings. The first kappa shape index (κ1) is 16.4. The van der Waals surface area contributed by atoms with Gasteiger partial charge in [-0.25, -0.2) is 8.42 Å². The molecule has 1 aromatic carbocycles. The lowest BCUT2D eigenvalue weighted by atomic mass is 10.3. The molecule has 8 heteroatoms. The van der Waals surface area contributed by atoms with Crippen molar-refractivity contribution in [3.63, 3.8) is 0 Å². The number of halogens is 2. The van der Waals surface area contributed by atoms with Crippen molar-refractivity contribution in [2.45, 2.75) is 17.6 Å². The van der Waals surface area contributed by atoms with Gasteiger partial charge in [0.25, 0.3) is 0 Å². The van der Waals surface area contributed by atoms with E-state index in [4.69, 9.17) is 4.74 Å². The number of alkyl halides is 2. The van der Waals surface area contributed by atoms with Crippen LogP contribution >= 0.6 is 0 Å². The fourth-order valence-electron chi connectivity index (χ4n) is 1.59. The zero-order valence-electron chi connectivity index (χ0n) is 11.0. The van der Waals surface area contributed by atoms with E-state index in [9.17, 15) is 22.0 Å². The predicted molar refractivity (Wildman–Crippen MR) is 69.5 cm³/mol. The minimum Gasteiger partial charge on any atom is -0.465 e. The Labute approximate surface area is 116 Å². The summed E-state index contributed by atoms with van der Waals surface area (Å²) >= 11 is 0. The zero-order valence-corrected chi connectivity index (χ0v) is 11.9. The number of carbonyl (C=O) groups is 1. The topological polar surface area (TPSA) is 63.7 Å². The van der Waals surface area contributed by atoms with Crippen LogP contribution in [0.15, 0.2) is 29.2 Å². The van der Waals surface area contributed by atoms with Crippen molar-refractivity contribution in [2.75, 3.05) is 25.1 Å². The first-order valence-electron chi connectivity index (χ1n) is 5.78. The highest BCUT2D eigenvalue weighted by Crippen LogP contribution is 2.28. The lowest BCUT2D eigenvalue weighted by Gasteiger charge is -2.21. The Morgan fingerprint density at radius 1 is 1.35 bits per heavy atom. The Morgan fingerprint density at radius 3 is 2.50 bits per heavy atom. The molecule has 112 valence electrons. The minimum absolute atomic E-state index is 0.0286. The lowest BCUT2D eigenvalue weighted by Crippen LogP contribution is -2.29.